The highest BCUT2D eigenvalue weighted by Gasteiger charge is 2.32. The van der Waals surface area contributed by atoms with Crippen LogP contribution in [0.25, 0.3) is 22.6 Å². The van der Waals surface area contributed by atoms with Gasteiger partial charge in [0.25, 0.3) is 0 Å². The van der Waals surface area contributed by atoms with Crippen molar-refractivity contribution in [2.24, 2.45) is 0 Å². The minimum atomic E-state index is -4.71. The summed E-state index contributed by atoms with van der Waals surface area (Å²) in [6.45, 7) is 1.52. The van der Waals surface area contributed by atoms with E-state index < -0.39 is 36.6 Å². The van der Waals surface area contributed by atoms with Gasteiger partial charge in [-0.15, -0.1) is 0 Å². The van der Waals surface area contributed by atoms with Gasteiger partial charge in [-0.1, -0.05) is 19.1 Å². The maximum Gasteiger partial charge on any atom is 0.416 e. The number of sulfone groups is 1. The van der Waals surface area contributed by atoms with Crippen molar-refractivity contribution in [3.8, 4) is 17.2 Å². The zero-order chi connectivity index (χ0) is 24.7. The zero-order valence-corrected chi connectivity index (χ0v) is 19.0. The molecule has 0 N–H and O–H groups in total. The molecule has 4 aromatic rings. The minimum absolute atomic E-state index is 0.0722. The minimum Gasteiger partial charge on any atom is -0.436 e. The molecule has 0 aliphatic rings. The van der Waals surface area contributed by atoms with E-state index >= 15 is 0 Å². The smallest absolute Gasteiger partial charge is 0.416 e. The van der Waals surface area contributed by atoms with E-state index in [0.29, 0.717) is 17.2 Å². The Morgan fingerprint density at radius 3 is 2.35 bits per heavy atom. The molecule has 1 aromatic heterocycles. The maximum atomic E-state index is 12.9. The van der Waals surface area contributed by atoms with Gasteiger partial charge >= 0.3 is 16.3 Å². The molecule has 0 fully saturated rings. The van der Waals surface area contributed by atoms with Crippen molar-refractivity contribution in [2.75, 3.05) is 5.75 Å². The summed E-state index contributed by atoms with van der Waals surface area (Å²) >= 11 is 0. The predicted octanol–water partition coefficient (Wildman–Crippen LogP) is 5.07. The van der Waals surface area contributed by atoms with Crippen LogP contribution < -0.4 is 4.18 Å². The van der Waals surface area contributed by atoms with Crippen LogP contribution in [0.3, 0.4) is 0 Å². The molecule has 34 heavy (non-hydrogen) atoms. The summed E-state index contributed by atoms with van der Waals surface area (Å²) in [7, 11) is -8.01. The number of hydrogen-bond acceptors (Lipinski definition) is 7. The molecule has 0 aliphatic heterocycles. The number of alkyl halides is 3. The number of fused-ring (bicyclic) bond motifs is 1. The van der Waals surface area contributed by atoms with E-state index in [2.05, 4.69) is 4.98 Å². The lowest BCUT2D eigenvalue weighted by Gasteiger charge is -2.10. The van der Waals surface area contributed by atoms with Gasteiger partial charge in [0.05, 0.1) is 16.2 Å². The van der Waals surface area contributed by atoms with Crippen LogP contribution in [0.15, 0.2) is 80.9 Å². The number of rotatable bonds is 6. The molecular weight excluding hydrogens is 495 g/mol. The number of aromatic nitrogens is 1. The van der Waals surface area contributed by atoms with Gasteiger partial charge < -0.3 is 8.60 Å². The predicted molar refractivity (Wildman–Crippen MR) is 116 cm³/mol. The van der Waals surface area contributed by atoms with Crippen LogP contribution in [0.1, 0.15) is 12.5 Å². The van der Waals surface area contributed by atoms with Crippen molar-refractivity contribution in [3.63, 3.8) is 0 Å². The number of nitrogens with zero attached hydrogens (tertiary/aromatic N) is 1. The molecule has 0 saturated carbocycles. The van der Waals surface area contributed by atoms with Gasteiger partial charge in [0, 0.05) is 5.56 Å². The van der Waals surface area contributed by atoms with Crippen molar-refractivity contribution < 1.29 is 38.6 Å². The van der Waals surface area contributed by atoms with E-state index in [-0.39, 0.29) is 27.8 Å². The number of oxazole rings is 1. The monoisotopic (exact) mass is 511 g/mol. The van der Waals surface area contributed by atoms with E-state index in [1.165, 1.54) is 43.3 Å². The molecule has 1 heterocycles. The van der Waals surface area contributed by atoms with Gasteiger partial charge in [-0.2, -0.15) is 21.6 Å². The van der Waals surface area contributed by atoms with E-state index in [1.54, 1.807) is 6.07 Å². The second kappa shape index (κ2) is 8.44. The molecule has 0 atom stereocenters. The average Bonchev–Trinajstić information content (AvgIpc) is 3.22. The Balaban J connectivity index is 1.65. The highest BCUT2D eigenvalue weighted by atomic mass is 32.2. The summed E-state index contributed by atoms with van der Waals surface area (Å²) in [5.41, 5.74) is -0.213. The first-order valence-electron chi connectivity index (χ1n) is 9.74. The highest BCUT2D eigenvalue weighted by Crippen LogP contribution is 2.32. The van der Waals surface area contributed by atoms with Gasteiger partial charge in [0.2, 0.25) is 5.89 Å². The van der Waals surface area contributed by atoms with Crippen LogP contribution in [-0.2, 0) is 26.1 Å². The summed E-state index contributed by atoms with van der Waals surface area (Å²) < 4.78 is 98.8. The summed E-state index contributed by atoms with van der Waals surface area (Å²) in [4.78, 5) is 3.70. The lowest BCUT2D eigenvalue weighted by molar-refractivity contribution is -0.137. The SMILES string of the molecule is CCS(=O)(=O)c1ccc2oc(-c3cccc(OS(=O)(=O)c4cccc(C(F)(F)F)c4)c3)nc2c1. The van der Waals surface area contributed by atoms with Crippen molar-refractivity contribution in [1.82, 2.24) is 4.98 Å². The average molecular weight is 511 g/mol. The molecule has 12 heteroatoms. The molecule has 0 saturated heterocycles. The van der Waals surface area contributed by atoms with Crippen LogP contribution >= 0.6 is 0 Å². The fourth-order valence-corrected chi connectivity index (χ4v) is 4.94. The summed E-state index contributed by atoms with van der Waals surface area (Å²) in [6.07, 6.45) is -4.71. The Morgan fingerprint density at radius 1 is 0.912 bits per heavy atom. The molecule has 0 bridgehead atoms. The van der Waals surface area contributed by atoms with Crippen molar-refractivity contribution in [1.29, 1.82) is 0 Å². The molecule has 7 nitrogen and oxygen atoms in total. The Bertz CT molecular complexity index is 1590. The van der Waals surface area contributed by atoms with Gasteiger partial charge in [0.1, 0.15) is 16.2 Å². The number of halogens is 3. The third kappa shape index (κ3) is 4.77. The third-order valence-corrected chi connectivity index (χ3v) is 7.81. The Kier molecular flexibility index (Phi) is 5.90. The molecular formula is C22H16F3NO6S2. The van der Waals surface area contributed by atoms with E-state index in [4.69, 9.17) is 8.60 Å². The van der Waals surface area contributed by atoms with Crippen LogP contribution in [0.4, 0.5) is 13.2 Å². The second-order valence-corrected chi connectivity index (χ2v) is 11.0. The normalized spacial score (nSPS) is 12.7. The quantitative estimate of drug-likeness (QED) is 0.333. The molecule has 0 spiro atoms. The number of benzene rings is 3. The summed E-state index contributed by atoms with van der Waals surface area (Å²) in [6, 6.07) is 13.1. The first-order chi connectivity index (χ1) is 15.9. The molecule has 3 aromatic carbocycles. The van der Waals surface area contributed by atoms with Crippen LogP contribution in [0.2, 0.25) is 0 Å². The van der Waals surface area contributed by atoms with Gasteiger partial charge in [0.15, 0.2) is 15.4 Å². The molecule has 178 valence electrons. The van der Waals surface area contributed by atoms with Crippen molar-refractivity contribution >= 4 is 31.1 Å². The van der Waals surface area contributed by atoms with Crippen LogP contribution in [-0.4, -0.2) is 27.6 Å². The lowest BCUT2D eigenvalue weighted by Crippen LogP contribution is -2.12. The third-order valence-electron chi connectivity index (χ3n) is 4.84. The molecule has 0 radical (unpaired) electrons. The van der Waals surface area contributed by atoms with Crippen LogP contribution in [0.5, 0.6) is 5.75 Å². The Labute approximate surface area is 192 Å². The van der Waals surface area contributed by atoms with Crippen molar-refractivity contribution in [2.45, 2.75) is 22.9 Å². The van der Waals surface area contributed by atoms with E-state index in [1.807, 2.05) is 0 Å². The number of hydrogen-bond donors (Lipinski definition) is 0. The molecule has 4 rings (SSSR count). The first kappa shape index (κ1) is 23.8. The lowest BCUT2D eigenvalue weighted by atomic mass is 10.2. The zero-order valence-electron chi connectivity index (χ0n) is 17.4. The summed E-state index contributed by atoms with van der Waals surface area (Å²) in [5, 5.41) is 0. The fraction of sp³-hybridized carbons (Fsp3) is 0.136. The van der Waals surface area contributed by atoms with Gasteiger partial charge in [-0.05, 0) is 54.6 Å². The Hall–Kier alpha value is -3.38. The molecule has 0 amide bonds. The first-order valence-corrected chi connectivity index (χ1v) is 12.8. The van der Waals surface area contributed by atoms with Crippen LogP contribution in [0, 0.1) is 0 Å². The topological polar surface area (TPSA) is 104 Å². The standard InChI is InChI=1S/C22H16F3NO6S2/c1-2-33(27,28)17-9-10-20-19(13-17)26-21(31-20)14-5-3-7-16(11-14)32-34(29,30)18-8-4-6-15(12-18)22(23,24)25/h3-13H,2H2,1H3. The van der Waals surface area contributed by atoms with Gasteiger partial charge in [-0.3, -0.25) is 0 Å². The Morgan fingerprint density at radius 2 is 1.65 bits per heavy atom. The van der Waals surface area contributed by atoms with Crippen molar-refractivity contribution in [3.05, 3.63) is 72.3 Å². The largest absolute Gasteiger partial charge is 0.436 e. The summed E-state index contributed by atoms with van der Waals surface area (Å²) in [5.74, 6) is -0.183. The maximum absolute atomic E-state index is 12.9. The highest BCUT2D eigenvalue weighted by molar-refractivity contribution is 7.91. The second-order valence-electron chi connectivity index (χ2n) is 7.14. The molecule has 0 aliphatic carbocycles. The fourth-order valence-electron chi connectivity index (χ4n) is 3.07. The van der Waals surface area contributed by atoms with Gasteiger partial charge in [-0.25, -0.2) is 13.4 Å². The van der Waals surface area contributed by atoms with E-state index in [9.17, 15) is 30.0 Å². The van der Waals surface area contributed by atoms with E-state index in [0.717, 1.165) is 18.2 Å². The molecule has 0 unspecified atom stereocenters.